The van der Waals surface area contributed by atoms with Crippen LogP contribution < -0.4 is 10.1 Å². The average molecular weight is 488 g/mol. The second-order valence-corrected chi connectivity index (χ2v) is 9.08. The van der Waals surface area contributed by atoms with Crippen molar-refractivity contribution in [2.24, 2.45) is 7.05 Å². The molecule has 2 heterocycles. The van der Waals surface area contributed by atoms with Gasteiger partial charge >= 0.3 is 0 Å². The van der Waals surface area contributed by atoms with E-state index in [4.69, 9.17) is 4.74 Å². The van der Waals surface area contributed by atoms with Crippen LogP contribution in [0.5, 0.6) is 5.75 Å². The smallest absolute Gasteiger partial charge is 0.284 e. The Kier molecular flexibility index (Phi) is 6.19. The van der Waals surface area contributed by atoms with Crippen LogP contribution in [0.15, 0.2) is 77.0 Å². The summed E-state index contributed by atoms with van der Waals surface area (Å²) < 4.78 is 7.23. The lowest BCUT2D eigenvalue weighted by Crippen LogP contribution is -2.22. The molecule has 0 radical (unpaired) electrons. The van der Waals surface area contributed by atoms with Crippen molar-refractivity contribution in [1.29, 1.82) is 0 Å². The summed E-state index contributed by atoms with van der Waals surface area (Å²) in [6.07, 6.45) is 2.44. The fourth-order valence-electron chi connectivity index (χ4n) is 3.82. The van der Waals surface area contributed by atoms with Crippen molar-refractivity contribution in [3.05, 3.63) is 93.8 Å². The molecule has 0 saturated carbocycles. The molecule has 0 atom stereocenters. The molecule has 1 N–H and O–H groups in total. The Morgan fingerprint density at radius 3 is 2.69 bits per heavy atom. The third kappa shape index (κ3) is 4.87. The Morgan fingerprint density at radius 1 is 1.14 bits per heavy atom. The zero-order valence-electron chi connectivity index (χ0n) is 18.8. The maximum absolute atomic E-state index is 12.7. The van der Waals surface area contributed by atoms with E-state index in [1.54, 1.807) is 23.7 Å². The normalized spacial score (nSPS) is 12.1. The number of nitro groups is 1. The number of rotatable bonds is 7. The van der Waals surface area contributed by atoms with Crippen molar-refractivity contribution >= 4 is 23.4 Å². The minimum absolute atomic E-state index is 0.158. The molecule has 1 aromatic heterocycles. The van der Waals surface area contributed by atoms with Gasteiger partial charge in [-0.25, -0.2) is 0 Å². The summed E-state index contributed by atoms with van der Waals surface area (Å²) in [6, 6.07) is 18.6. The van der Waals surface area contributed by atoms with Gasteiger partial charge in [-0.3, -0.25) is 14.9 Å². The van der Waals surface area contributed by atoms with Gasteiger partial charge in [0.05, 0.1) is 16.4 Å². The highest BCUT2D eigenvalue weighted by molar-refractivity contribution is 7.99. The predicted octanol–water partition coefficient (Wildman–Crippen LogP) is 4.41. The van der Waals surface area contributed by atoms with E-state index in [-0.39, 0.29) is 17.2 Å². The van der Waals surface area contributed by atoms with Gasteiger partial charge in [-0.05, 0) is 58.3 Å². The maximum Gasteiger partial charge on any atom is 0.284 e. The zero-order chi connectivity index (χ0) is 24.4. The summed E-state index contributed by atoms with van der Waals surface area (Å²) in [7, 11) is 1.75. The maximum atomic E-state index is 12.7. The van der Waals surface area contributed by atoms with Gasteiger partial charge in [-0.2, -0.15) is 0 Å². The van der Waals surface area contributed by atoms with Gasteiger partial charge in [0, 0.05) is 31.6 Å². The summed E-state index contributed by atoms with van der Waals surface area (Å²) in [5.74, 6) is 0.569. The fourth-order valence-corrected chi connectivity index (χ4v) is 4.67. The van der Waals surface area contributed by atoms with Crippen LogP contribution in [0.3, 0.4) is 0 Å². The van der Waals surface area contributed by atoms with Crippen LogP contribution in [0.25, 0.3) is 11.1 Å². The predicted molar refractivity (Wildman–Crippen MR) is 130 cm³/mol. The van der Waals surface area contributed by atoms with E-state index in [1.165, 1.54) is 18.0 Å². The first-order valence-corrected chi connectivity index (χ1v) is 11.7. The molecule has 35 heavy (non-hydrogen) atoms. The minimum atomic E-state index is -0.501. The molecule has 0 spiro atoms. The number of hydrogen-bond acceptors (Lipinski definition) is 7. The minimum Gasteiger partial charge on any atom is -0.493 e. The summed E-state index contributed by atoms with van der Waals surface area (Å²) in [5, 5.41) is 22.7. The van der Waals surface area contributed by atoms with Gasteiger partial charge in [-0.15, -0.1) is 10.2 Å². The molecule has 4 aromatic rings. The highest BCUT2D eigenvalue weighted by atomic mass is 32.2. The van der Waals surface area contributed by atoms with Crippen LogP contribution in [0, 0.1) is 10.1 Å². The molecule has 176 valence electrons. The van der Waals surface area contributed by atoms with Gasteiger partial charge < -0.3 is 14.6 Å². The van der Waals surface area contributed by atoms with E-state index in [1.807, 2.05) is 36.4 Å². The number of carbonyl (C=O) groups excluding carboxylic acids is 1. The lowest BCUT2D eigenvalue weighted by molar-refractivity contribution is -0.387. The van der Waals surface area contributed by atoms with Gasteiger partial charge in [0.25, 0.3) is 11.6 Å². The Morgan fingerprint density at radius 2 is 1.94 bits per heavy atom. The van der Waals surface area contributed by atoms with E-state index in [9.17, 15) is 14.9 Å². The van der Waals surface area contributed by atoms with Crippen molar-refractivity contribution in [2.75, 3.05) is 6.61 Å². The van der Waals surface area contributed by atoms with E-state index >= 15 is 0 Å². The third-order valence-electron chi connectivity index (χ3n) is 5.72. The molecule has 1 aliphatic rings. The van der Waals surface area contributed by atoms with Crippen molar-refractivity contribution < 1.29 is 14.5 Å². The highest BCUT2D eigenvalue weighted by Crippen LogP contribution is 2.34. The Bertz CT molecular complexity index is 1420. The molecule has 0 saturated heterocycles. The largest absolute Gasteiger partial charge is 0.493 e. The molecule has 5 rings (SSSR count). The number of benzene rings is 3. The Balaban J connectivity index is 1.25. The first-order valence-electron chi connectivity index (χ1n) is 10.9. The molecule has 9 nitrogen and oxygen atoms in total. The van der Waals surface area contributed by atoms with E-state index in [0.717, 1.165) is 47.2 Å². The number of nitrogens with one attached hydrogen (secondary N) is 1. The Labute approximate surface area is 205 Å². The third-order valence-corrected chi connectivity index (χ3v) is 6.84. The number of aryl methyl sites for hydroxylation is 1. The fraction of sp³-hybridized carbons (Fsp3) is 0.160. The second-order valence-electron chi connectivity index (χ2n) is 8.07. The van der Waals surface area contributed by atoms with Crippen molar-refractivity contribution in [3.63, 3.8) is 0 Å². The monoisotopic (exact) mass is 487 g/mol. The number of carbonyl (C=O) groups is 1. The molecular formula is C25H21N5O4S. The van der Waals surface area contributed by atoms with Gasteiger partial charge in [0.1, 0.15) is 12.1 Å². The molecule has 0 unspecified atom stereocenters. The van der Waals surface area contributed by atoms with E-state index in [0.29, 0.717) is 16.6 Å². The summed E-state index contributed by atoms with van der Waals surface area (Å²) in [4.78, 5) is 24.2. The van der Waals surface area contributed by atoms with Gasteiger partial charge in [-0.1, -0.05) is 30.3 Å². The van der Waals surface area contributed by atoms with Crippen LogP contribution in [0.2, 0.25) is 0 Å². The second kappa shape index (κ2) is 9.59. The lowest BCUT2D eigenvalue weighted by Gasteiger charge is -2.09. The molecule has 3 aromatic carbocycles. The highest BCUT2D eigenvalue weighted by Gasteiger charge is 2.20. The number of fused-ring (bicyclic) bond motifs is 1. The molecule has 10 heteroatoms. The summed E-state index contributed by atoms with van der Waals surface area (Å²) in [6.45, 7) is 1.03. The van der Waals surface area contributed by atoms with Crippen LogP contribution in [-0.2, 0) is 20.0 Å². The number of nitrogens with zero attached hydrogens (tertiary/aromatic N) is 4. The van der Waals surface area contributed by atoms with Gasteiger partial charge in [0.15, 0.2) is 5.16 Å². The molecule has 1 aliphatic heterocycles. The van der Waals surface area contributed by atoms with Crippen LogP contribution in [-0.4, -0.2) is 32.2 Å². The first kappa shape index (κ1) is 22.6. The Hall–Kier alpha value is -4.18. The molecular weight excluding hydrogens is 466 g/mol. The van der Waals surface area contributed by atoms with Crippen LogP contribution in [0.4, 0.5) is 5.69 Å². The van der Waals surface area contributed by atoms with Crippen molar-refractivity contribution in [3.8, 4) is 16.9 Å². The lowest BCUT2D eigenvalue weighted by atomic mass is 10.0. The van der Waals surface area contributed by atoms with E-state index < -0.39 is 4.92 Å². The number of ether oxygens (including phenoxy) is 1. The number of nitro benzene ring substituents is 1. The number of aromatic nitrogens is 3. The van der Waals surface area contributed by atoms with Crippen LogP contribution in [0.1, 0.15) is 21.5 Å². The molecule has 0 aliphatic carbocycles. The standard InChI is InChI=1S/C25H21N5O4S/c1-29-15-27-28-25(29)35-23-9-7-20(13-21(23)30(32)33)24(31)26-14-16-2-4-17(5-3-16)18-6-8-22-19(12-18)10-11-34-22/h2-9,12-13,15H,10-11,14H2,1H3,(H,26,31). The molecule has 0 bridgehead atoms. The number of hydrogen-bond donors (Lipinski definition) is 1. The zero-order valence-corrected chi connectivity index (χ0v) is 19.6. The molecule has 1 amide bonds. The average Bonchev–Trinajstić information content (AvgIpc) is 3.51. The first-order chi connectivity index (χ1) is 17.0. The summed E-state index contributed by atoms with van der Waals surface area (Å²) in [5.41, 5.74) is 4.41. The van der Waals surface area contributed by atoms with Crippen LogP contribution >= 0.6 is 11.8 Å². The number of amides is 1. The van der Waals surface area contributed by atoms with Gasteiger partial charge in [0.2, 0.25) is 0 Å². The molecule has 0 fully saturated rings. The summed E-state index contributed by atoms with van der Waals surface area (Å²) >= 11 is 1.12. The topological polar surface area (TPSA) is 112 Å². The van der Waals surface area contributed by atoms with Crippen molar-refractivity contribution in [2.45, 2.75) is 23.0 Å². The van der Waals surface area contributed by atoms with E-state index in [2.05, 4.69) is 21.6 Å². The SMILES string of the molecule is Cn1cnnc1Sc1ccc(C(=O)NCc2ccc(-c3ccc4c(c3)CCO4)cc2)cc1[N+](=O)[O-]. The van der Waals surface area contributed by atoms with Crippen molar-refractivity contribution in [1.82, 2.24) is 20.1 Å². The quantitative estimate of drug-likeness (QED) is 0.304.